The highest BCUT2D eigenvalue weighted by molar-refractivity contribution is 6.31. The highest BCUT2D eigenvalue weighted by atomic mass is 35.5. The third-order valence-electron chi connectivity index (χ3n) is 4.75. The van der Waals surface area contributed by atoms with E-state index in [4.69, 9.17) is 16.3 Å². The predicted octanol–water partition coefficient (Wildman–Crippen LogP) is 6.79. The van der Waals surface area contributed by atoms with Crippen LogP contribution in [0.15, 0.2) is 72.3 Å². The quantitative estimate of drug-likeness (QED) is 0.318. The molecule has 33 heavy (non-hydrogen) atoms. The van der Waals surface area contributed by atoms with Gasteiger partial charge in [0.25, 0.3) is 5.91 Å². The Morgan fingerprint density at radius 1 is 1.12 bits per heavy atom. The minimum Gasteiger partial charge on any atom is -0.488 e. The molecule has 0 unspecified atom stereocenters. The molecule has 0 aliphatic rings. The molecule has 0 aliphatic heterocycles. The van der Waals surface area contributed by atoms with Crippen molar-refractivity contribution in [3.63, 3.8) is 0 Å². The van der Waals surface area contributed by atoms with E-state index in [-0.39, 0.29) is 12.2 Å². The number of ether oxygens (including phenoxy) is 1. The monoisotopic (exact) mass is 470 g/mol. The smallest absolute Gasteiger partial charge is 0.416 e. The van der Waals surface area contributed by atoms with Crippen molar-refractivity contribution < 1.29 is 22.7 Å². The van der Waals surface area contributed by atoms with Gasteiger partial charge in [-0.3, -0.25) is 4.79 Å². The van der Waals surface area contributed by atoms with Crippen molar-refractivity contribution >= 4 is 29.3 Å². The Morgan fingerprint density at radius 3 is 2.58 bits per heavy atom. The maximum atomic E-state index is 12.9. The van der Waals surface area contributed by atoms with Gasteiger partial charge in [0.15, 0.2) is 0 Å². The average Bonchev–Trinajstić information content (AvgIpc) is 2.79. The van der Waals surface area contributed by atoms with E-state index in [0.29, 0.717) is 33.1 Å². The molecule has 3 aromatic carbocycles. The number of hydrogen-bond acceptors (Lipinski definition) is 3. The number of rotatable bonds is 6. The molecule has 0 atom stereocenters. The number of nitrogens with one attached hydrogen (secondary N) is 1. The lowest BCUT2D eigenvalue weighted by atomic mass is 10.1. The molecule has 0 saturated heterocycles. The Balaban J connectivity index is 1.80. The molecule has 0 radical (unpaired) electrons. The van der Waals surface area contributed by atoms with Gasteiger partial charge in [-0.2, -0.15) is 18.4 Å². The largest absolute Gasteiger partial charge is 0.488 e. The number of nitriles is 1. The molecular formula is C25H18ClF3N2O2. The van der Waals surface area contributed by atoms with E-state index in [9.17, 15) is 23.2 Å². The molecule has 0 saturated carbocycles. The minimum absolute atomic E-state index is 0.120. The van der Waals surface area contributed by atoms with Gasteiger partial charge in [0, 0.05) is 16.3 Å². The van der Waals surface area contributed by atoms with E-state index in [1.807, 2.05) is 6.07 Å². The van der Waals surface area contributed by atoms with Crippen molar-refractivity contribution in [1.29, 1.82) is 5.26 Å². The number of anilines is 1. The number of alkyl halides is 3. The minimum atomic E-state index is -4.45. The van der Waals surface area contributed by atoms with Gasteiger partial charge in [-0.1, -0.05) is 48.0 Å². The Morgan fingerprint density at radius 2 is 1.85 bits per heavy atom. The van der Waals surface area contributed by atoms with Crippen LogP contribution in [0.2, 0.25) is 5.02 Å². The second-order valence-electron chi connectivity index (χ2n) is 7.06. The number of carbonyl (C=O) groups is 1. The molecular weight excluding hydrogens is 453 g/mol. The summed E-state index contributed by atoms with van der Waals surface area (Å²) in [5, 5.41) is 12.6. The second kappa shape index (κ2) is 10.2. The molecule has 1 N–H and O–H groups in total. The lowest BCUT2D eigenvalue weighted by molar-refractivity contribution is -0.137. The van der Waals surface area contributed by atoms with Gasteiger partial charge in [0.05, 0.1) is 5.56 Å². The Bertz CT molecular complexity index is 1250. The highest BCUT2D eigenvalue weighted by Gasteiger charge is 2.30. The summed E-state index contributed by atoms with van der Waals surface area (Å²) in [5.74, 6) is -0.315. The topological polar surface area (TPSA) is 62.1 Å². The van der Waals surface area contributed by atoms with Crippen LogP contribution in [0.3, 0.4) is 0 Å². The summed E-state index contributed by atoms with van der Waals surface area (Å²) in [6.45, 7) is 1.62. The fourth-order valence-corrected chi connectivity index (χ4v) is 3.14. The van der Waals surface area contributed by atoms with Crippen LogP contribution in [0.4, 0.5) is 18.9 Å². The SMILES string of the molecule is Cc1c(Cl)cccc1NC(=O)/C(C#N)=C/c1ccccc1OCc1cccc(C(F)(F)F)c1. The van der Waals surface area contributed by atoms with Gasteiger partial charge in [-0.15, -0.1) is 0 Å². The zero-order chi connectivity index (χ0) is 24.0. The molecule has 0 fully saturated rings. The predicted molar refractivity (Wildman–Crippen MR) is 121 cm³/mol. The molecule has 0 aliphatic carbocycles. The first-order valence-corrected chi connectivity index (χ1v) is 10.1. The van der Waals surface area contributed by atoms with Crippen LogP contribution < -0.4 is 10.1 Å². The zero-order valence-corrected chi connectivity index (χ0v) is 18.2. The molecule has 1 amide bonds. The molecule has 8 heteroatoms. The molecule has 3 rings (SSSR count). The first kappa shape index (κ1) is 23.9. The van der Waals surface area contributed by atoms with Crippen molar-refractivity contribution in [2.75, 3.05) is 5.32 Å². The molecule has 4 nitrogen and oxygen atoms in total. The van der Waals surface area contributed by atoms with Crippen LogP contribution in [0, 0.1) is 18.3 Å². The molecule has 0 bridgehead atoms. The van der Waals surface area contributed by atoms with E-state index in [2.05, 4.69) is 5.32 Å². The maximum absolute atomic E-state index is 12.9. The van der Waals surface area contributed by atoms with Gasteiger partial charge in [0.1, 0.15) is 24.0 Å². The molecule has 0 heterocycles. The average molecular weight is 471 g/mol. The van der Waals surface area contributed by atoms with Crippen molar-refractivity contribution in [2.24, 2.45) is 0 Å². The first-order valence-electron chi connectivity index (χ1n) is 9.75. The standard InChI is InChI=1S/C25H18ClF3N2O2/c1-16-21(26)9-5-10-22(16)31-24(32)19(14-30)13-18-7-2-3-11-23(18)33-15-17-6-4-8-20(12-17)25(27,28)29/h2-13H,15H2,1H3,(H,31,32)/b19-13+. The van der Waals surface area contributed by atoms with Crippen LogP contribution in [0.5, 0.6) is 5.75 Å². The van der Waals surface area contributed by atoms with E-state index < -0.39 is 17.6 Å². The summed E-state index contributed by atoms with van der Waals surface area (Å²) < 4.78 is 44.5. The Kier molecular flexibility index (Phi) is 7.41. The van der Waals surface area contributed by atoms with Crippen LogP contribution in [0.1, 0.15) is 22.3 Å². The number of para-hydroxylation sites is 1. The Labute approximate surface area is 193 Å². The second-order valence-corrected chi connectivity index (χ2v) is 7.47. The highest BCUT2D eigenvalue weighted by Crippen LogP contribution is 2.30. The summed E-state index contributed by atoms with van der Waals surface area (Å²) in [4.78, 5) is 12.6. The van der Waals surface area contributed by atoms with Crippen LogP contribution in [-0.4, -0.2) is 5.91 Å². The summed E-state index contributed by atoms with van der Waals surface area (Å²) in [7, 11) is 0. The van der Waals surface area contributed by atoms with Gasteiger partial charge >= 0.3 is 6.18 Å². The molecule has 0 spiro atoms. The van der Waals surface area contributed by atoms with Gasteiger partial charge in [0.2, 0.25) is 0 Å². The van der Waals surface area contributed by atoms with Gasteiger partial charge in [-0.05, 0) is 54.5 Å². The number of amides is 1. The number of carbonyl (C=O) groups excluding carboxylic acids is 1. The molecule has 0 aromatic heterocycles. The number of nitrogens with zero attached hydrogens (tertiary/aromatic N) is 1. The summed E-state index contributed by atoms with van der Waals surface area (Å²) in [6, 6.07) is 18.3. The normalized spacial score (nSPS) is 11.6. The number of halogens is 4. The van der Waals surface area contributed by atoms with E-state index >= 15 is 0 Å². The molecule has 3 aromatic rings. The van der Waals surface area contributed by atoms with E-state index in [0.717, 1.165) is 12.1 Å². The first-order chi connectivity index (χ1) is 15.7. The van der Waals surface area contributed by atoms with Gasteiger partial charge in [-0.25, -0.2) is 0 Å². The van der Waals surface area contributed by atoms with Gasteiger partial charge < -0.3 is 10.1 Å². The fourth-order valence-electron chi connectivity index (χ4n) is 2.97. The zero-order valence-electron chi connectivity index (χ0n) is 17.4. The van der Waals surface area contributed by atoms with Crippen molar-refractivity contribution in [1.82, 2.24) is 0 Å². The van der Waals surface area contributed by atoms with Crippen LogP contribution >= 0.6 is 11.6 Å². The Hall–Kier alpha value is -3.76. The molecule has 168 valence electrons. The van der Waals surface area contributed by atoms with Crippen LogP contribution in [0.25, 0.3) is 6.08 Å². The lowest BCUT2D eigenvalue weighted by Crippen LogP contribution is -2.14. The van der Waals surface area contributed by atoms with Crippen LogP contribution in [-0.2, 0) is 17.6 Å². The third kappa shape index (κ3) is 6.15. The third-order valence-corrected chi connectivity index (χ3v) is 5.16. The number of benzene rings is 3. The van der Waals surface area contributed by atoms with E-state index in [1.54, 1.807) is 49.4 Å². The lowest BCUT2D eigenvalue weighted by Gasteiger charge is -2.12. The van der Waals surface area contributed by atoms with Crippen molar-refractivity contribution in [3.8, 4) is 11.8 Å². The van der Waals surface area contributed by atoms with E-state index in [1.165, 1.54) is 18.2 Å². The summed E-state index contributed by atoms with van der Waals surface area (Å²) in [6.07, 6.45) is -3.09. The number of hydrogen-bond donors (Lipinski definition) is 1. The fraction of sp³-hybridized carbons (Fsp3) is 0.120. The van der Waals surface area contributed by atoms with Crippen molar-refractivity contribution in [3.05, 3.63) is 99.6 Å². The van der Waals surface area contributed by atoms with Crippen molar-refractivity contribution in [2.45, 2.75) is 19.7 Å². The summed E-state index contributed by atoms with van der Waals surface area (Å²) in [5.41, 5.74) is 0.954. The maximum Gasteiger partial charge on any atom is 0.416 e. The summed E-state index contributed by atoms with van der Waals surface area (Å²) >= 11 is 6.07.